The van der Waals surface area contributed by atoms with Crippen molar-refractivity contribution in [2.24, 2.45) is 0 Å². The third-order valence-corrected chi connectivity index (χ3v) is 20.2. The zero-order valence-electron chi connectivity index (χ0n) is 91.6. The number of thiophene rings is 1. The topological polar surface area (TPSA) is 247 Å². The van der Waals surface area contributed by atoms with Crippen LogP contribution in [0.4, 0.5) is 5.69 Å². The lowest BCUT2D eigenvalue weighted by molar-refractivity contribution is 0.174. The first kappa shape index (κ1) is 130. The number of furan rings is 1. The monoisotopic (exact) mass is 2020 g/mol. The molecule has 22 aromatic rings. The number of aromatic amines is 3. The van der Waals surface area contributed by atoms with Crippen molar-refractivity contribution in [3.05, 3.63) is 432 Å². The van der Waals surface area contributed by atoms with Crippen LogP contribution in [0.3, 0.4) is 0 Å². The first-order valence-electron chi connectivity index (χ1n) is 52.0. The number of hydrogen-bond donors (Lipinski definition) is 4. The summed E-state index contributed by atoms with van der Waals surface area (Å²) in [7, 11) is 0. The molecule has 0 bridgehead atoms. The number of ether oxygens (including phenoxy) is 4. The predicted octanol–water partition coefficient (Wildman–Crippen LogP) is 37.7. The highest BCUT2D eigenvalue weighted by Gasteiger charge is 2.12. The normalized spacial score (nSPS) is 9.97. The minimum Gasteiger partial charge on any atom is -0.493 e. The number of nitrogens with one attached hydrogen (secondary N) is 4. The Kier molecular flexibility index (Phi) is 75.9. The Labute approximate surface area is 882 Å². The van der Waals surface area contributed by atoms with Crippen LogP contribution < -0.4 is 35.6 Å². The van der Waals surface area contributed by atoms with E-state index in [-0.39, 0.29) is 5.63 Å². The van der Waals surface area contributed by atoms with Crippen molar-refractivity contribution in [3.63, 3.8) is 0 Å². The van der Waals surface area contributed by atoms with Crippen LogP contribution in [0.25, 0.3) is 97.3 Å². The molecular formula is C126H161N9O10S2. The molecule has 4 N–H and O–H groups in total. The summed E-state index contributed by atoms with van der Waals surface area (Å²) in [6.45, 7) is 53.8. The second kappa shape index (κ2) is 86.1. The fourth-order valence-corrected chi connectivity index (χ4v) is 14.0. The summed E-state index contributed by atoms with van der Waals surface area (Å²) in [6.07, 6.45) is 13.5. The van der Waals surface area contributed by atoms with Gasteiger partial charge >= 0.3 is 11.4 Å². The largest absolute Gasteiger partial charge is 0.493 e. The fourth-order valence-electron chi connectivity index (χ4n) is 12.5. The lowest BCUT2D eigenvalue weighted by Crippen LogP contribution is -1.96. The van der Waals surface area contributed by atoms with Crippen molar-refractivity contribution in [1.82, 2.24) is 40.1 Å². The molecule has 0 atom stereocenters. The molecule has 26 rings (SSSR count). The molecule has 782 valence electrons. The highest BCUT2D eigenvalue weighted by atomic mass is 32.1. The Hall–Kier alpha value is -15.5. The summed E-state index contributed by atoms with van der Waals surface area (Å²) >= 11 is 3.46. The van der Waals surface area contributed by atoms with E-state index in [0.717, 1.165) is 108 Å². The number of benzene rings is 13. The van der Waals surface area contributed by atoms with Gasteiger partial charge in [0.05, 0.1) is 74.4 Å². The lowest BCUT2D eigenvalue weighted by Gasteiger charge is -1.93. The molecule has 0 unspecified atom stereocenters. The molecule has 3 aliphatic heterocycles. The van der Waals surface area contributed by atoms with Crippen molar-refractivity contribution < 1.29 is 36.6 Å². The molecule has 0 saturated heterocycles. The number of para-hydroxylation sites is 16. The van der Waals surface area contributed by atoms with E-state index in [1.54, 1.807) is 70.7 Å². The number of aromatic nitrogens is 8. The summed E-state index contributed by atoms with van der Waals surface area (Å²) in [4.78, 5) is 43.2. The van der Waals surface area contributed by atoms with Crippen LogP contribution in [0, 0.1) is 0 Å². The average Bonchev–Trinajstić information content (AvgIpc) is 1.78. The second-order valence-corrected chi connectivity index (χ2v) is 28.4. The Balaban J connectivity index is 0.000000781. The maximum Gasteiger partial charge on any atom is 0.417 e. The summed E-state index contributed by atoms with van der Waals surface area (Å²) < 4.78 is 43.1. The fraction of sp³-hybridized carbons (Fsp3) is 0.262. The van der Waals surface area contributed by atoms with E-state index in [2.05, 4.69) is 130 Å². The molecule has 0 radical (unpaired) electrons. The molecule has 0 spiro atoms. The zero-order chi connectivity index (χ0) is 109. The van der Waals surface area contributed by atoms with Crippen molar-refractivity contribution in [3.8, 4) is 23.0 Å². The third kappa shape index (κ3) is 48.2. The van der Waals surface area contributed by atoms with Crippen LogP contribution in [0.15, 0.2) is 421 Å². The number of oxazole rings is 2. The summed E-state index contributed by atoms with van der Waals surface area (Å²) in [5.41, 5.74) is 17.2. The first-order chi connectivity index (χ1) is 72.8. The number of hydrogen-bond acceptors (Lipinski definition) is 18. The SMILES string of the molecule is CC.CC.CC.CC.CC.CC.CC.CC.CC.CC.CC.CC.CC.O=c1[nH]c2ccccc2o1.O=c1ccc2ccccc2o1.c1ccc2[nH]cnc2c1.c1ccc2[nH]ncc2c1.c1ccc2c(c1)CCC2.c1ccc2c(c1)CCO2.c1ccc2c(c1)NCO2.c1ccc2c(c1)OCO2.c1ccc2ncccc2c1.c1ccc2occc2c1.c1ccc2ocnc2c1.c1ccc2sccc2c1.c1ccc2scnc2c1. The Bertz CT molecular complexity index is 5910. The number of nitrogens with zero attached hydrogens (tertiary/aromatic N) is 5. The number of rotatable bonds is 0. The minimum atomic E-state index is -0.402. The molecule has 1 aliphatic carbocycles. The van der Waals surface area contributed by atoms with Crippen molar-refractivity contribution in [1.29, 1.82) is 0 Å². The zero-order valence-corrected chi connectivity index (χ0v) is 93.2. The predicted molar refractivity (Wildman–Crippen MR) is 635 cm³/mol. The van der Waals surface area contributed by atoms with Gasteiger partial charge in [-0.15, -0.1) is 22.7 Å². The van der Waals surface area contributed by atoms with E-state index < -0.39 is 5.76 Å². The van der Waals surface area contributed by atoms with Crippen LogP contribution in [0.1, 0.15) is 203 Å². The van der Waals surface area contributed by atoms with E-state index >= 15 is 0 Å². The summed E-state index contributed by atoms with van der Waals surface area (Å²) in [5, 5.41) is 17.8. The lowest BCUT2D eigenvalue weighted by atomic mass is 10.1. The highest BCUT2D eigenvalue weighted by Crippen LogP contribution is 2.31. The minimum absolute atomic E-state index is 0.302. The van der Waals surface area contributed by atoms with Gasteiger partial charge in [0.2, 0.25) is 6.79 Å². The van der Waals surface area contributed by atoms with Crippen molar-refractivity contribution >= 4 is 126 Å². The molecule has 9 aromatic heterocycles. The number of pyridine rings is 1. The van der Waals surface area contributed by atoms with E-state index in [1.807, 2.05) is 441 Å². The Morgan fingerprint density at radius 2 is 0.782 bits per heavy atom. The van der Waals surface area contributed by atoms with Gasteiger partial charge in [0, 0.05) is 44.9 Å². The van der Waals surface area contributed by atoms with Gasteiger partial charge in [0.15, 0.2) is 35.8 Å². The number of H-pyrrole nitrogens is 3. The van der Waals surface area contributed by atoms with E-state index in [1.165, 1.54) is 57.5 Å². The van der Waals surface area contributed by atoms with Crippen LogP contribution >= 0.6 is 22.7 Å². The van der Waals surface area contributed by atoms with Crippen molar-refractivity contribution in [2.75, 3.05) is 25.4 Å². The number of imidazole rings is 1. The van der Waals surface area contributed by atoms with Gasteiger partial charge in [-0.1, -0.05) is 392 Å². The van der Waals surface area contributed by atoms with Crippen LogP contribution in [0.5, 0.6) is 23.0 Å². The van der Waals surface area contributed by atoms with E-state index in [9.17, 15) is 9.59 Å². The molecule has 0 fully saturated rings. The van der Waals surface area contributed by atoms with Gasteiger partial charge < -0.3 is 46.9 Å². The molecular weight excluding hydrogens is 1860 g/mol. The molecule has 13 aromatic carbocycles. The van der Waals surface area contributed by atoms with Crippen LogP contribution in [-0.2, 0) is 19.3 Å². The molecule has 147 heavy (non-hydrogen) atoms. The Morgan fingerprint density at radius 1 is 0.306 bits per heavy atom. The van der Waals surface area contributed by atoms with Crippen LogP contribution in [-0.4, -0.2) is 60.2 Å². The first-order valence-corrected chi connectivity index (χ1v) is 53.7. The molecule has 0 amide bonds. The van der Waals surface area contributed by atoms with Gasteiger partial charge in [0.25, 0.3) is 0 Å². The van der Waals surface area contributed by atoms with E-state index in [4.69, 9.17) is 36.6 Å². The smallest absolute Gasteiger partial charge is 0.417 e. The number of anilines is 1. The maximum absolute atomic E-state index is 10.7. The molecule has 4 aliphatic rings. The van der Waals surface area contributed by atoms with Gasteiger partial charge in [-0.3, -0.25) is 15.1 Å². The average molecular weight is 2030 g/mol. The van der Waals surface area contributed by atoms with Crippen molar-refractivity contribution in [2.45, 2.75) is 206 Å². The third-order valence-electron chi connectivity index (χ3n) is 18.5. The van der Waals surface area contributed by atoms with Gasteiger partial charge in [-0.05, 0) is 180 Å². The van der Waals surface area contributed by atoms with Crippen LogP contribution in [0.2, 0.25) is 0 Å². The summed E-state index contributed by atoms with van der Waals surface area (Å²) in [6, 6.07) is 115. The number of fused-ring (bicyclic) bond motifs is 13. The molecule has 19 nitrogen and oxygen atoms in total. The molecule has 0 saturated carbocycles. The number of aryl methyl sites for hydroxylation is 2. The van der Waals surface area contributed by atoms with E-state index in [0.29, 0.717) is 24.7 Å². The maximum atomic E-state index is 10.7. The van der Waals surface area contributed by atoms with Gasteiger partial charge in [0.1, 0.15) is 28.2 Å². The van der Waals surface area contributed by atoms with Gasteiger partial charge in [-0.2, -0.15) is 5.10 Å². The van der Waals surface area contributed by atoms with Gasteiger partial charge in [-0.25, -0.2) is 24.5 Å². The standard InChI is InChI=1S/C9H7N.C9H6O2.C9H10.C8H8O.C8H6O.C8H6S.2C7H6N2.C7H5NO2.C7H7NO.C7H5NO.C7H5NS.C7H6O2.13C2H6/c1-2-6-9-8(4-1)5-3-7-10-9;10-9-6-5-7-3-1-2-4-8(7)11-9;1-2-5-9-7-3-6-8(9)4-1;3*1-2-4-8-7(3-1)5-6-9-8;1-2-4-7-6(3-1)8-5-9-7;1-2-4-7-6(3-1)5-8-9-7;9-7-8-5-3-1-2-4-6(5)10-7;4*1-2-4-7-6(3-1)8-5-9-7;13*1-2/h1-7H;1-6H;1-2,4-5H,3,6-7H2;1-4H,5-6H2;2*1-6H;2*1-5H,(H,8,9);1-4H,(H,8,9);1-4,8H,5H2;2*1-5H;1-4H,5H2;13*1-2H3. The second-order valence-electron chi connectivity index (χ2n) is 26.6. The molecule has 12 heterocycles. The Morgan fingerprint density at radius 3 is 1.35 bits per heavy atom. The highest BCUT2D eigenvalue weighted by molar-refractivity contribution is 7.17. The number of thiazole rings is 1. The summed E-state index contributed by atoms with van der Waals surface area (Å²) in [5.74, 6) is 3.31. The quantitative estimate of drug-likeness (QED) is 0.103. The molecule has 21 heteroatoms.